The minimum Gasteiger partial charge on any atom is -0.390 e. The third-order valence-electron chi connectivity index (χ3n) is 7.03. The summed E-state index contributed by atoms with van der Waals surface area (Å²) in [5.41, 5.74) is 3.49. The molecule has 1 aliphatic rings. The molecule has 6 nitrogen and oxygen atoms in total. The van der Waals surface area contributed by atoms with Gasteiger partial charge in [0.1, 0.15) is 12.1 Å². The van der Waals surface area contributed by atoms with Crippen molar-refractivity contribution < 1.29 is 14.3 Å². The molecular weight excluding hydrogens is 467 g/mol. The molecule has 3 aromatic rings. The molecule has 0 radical (unpaired) electrons. The summed E-state index contributed by atoms with van der Waals surface area (Å²) in [6, 6.07) is 8.46. The monoisotopic (exact) mass is 500 g/mol. The number of pyridine rings is 1. The second-order valence-corrected chi connectivity index (χ2v) is 9.95. The summed E-state index contributed by atoms with van der Waals surface area (Å²) >= 11 is 0. The van der Waals surface area contributed by atoms with Gasteiger partial charge in [-0.1, -0.05) is 31.8 Å². The van der Waals surface area contributed by atoms with Gasteiger partial charge in [0.2, 0.25) is 0 Å². The molecule has 37 heavy (non-hydrogen) atoms. The normalized spacial score (nSPS) is 14.3. The van der Waals surface area contributed by atoms with Gasteiger partial charge in [0.15, 0.2) is 0 Å². The van der Waals surface area contributed by atoms with E-state index in [1.54, 1.807) is 31.0 Å². The maximum absolute atomic E-state index is 15.3. The van der Waals surface area contributed by atoms with Gasteiger partial charge in [-0.15, -0.1) is 0 Å². The molecule has 0 saturated carbocycles. The van der Waals surface area contributed by atoms with Gasteiger partial charge in [0.25, 0.3) is 5.91 Å². The zero-order valence-electron chi connectivity index (χ0n) is 21.9. The van der Waals surface area contributed by atoms with Gasteiger partial charge in [0.05, 0.1) is 28.1 Å². The number of hydrogen-bond donors (Lipinski definition) is 1. The van der Waals surface area contributed by atoms with Crippen LogP contribution < -0.4 is 0 Å². The molecule has 1 saturated heterocycles. The van der Waals surface area contributed by atoms with E-state index in [-0.39, 0.29) is 17.4 Å². The number of benzene rings is 1. The van der Waals surface area contributed by atoms with E-state index in [1.807, 2.05) is 26.0 Å². The summed E-state index contributed by atoms with van der Waals surface area (Å²) in [6.45, 7) is 8.61. The van der Waals surface area contributed by atoms with Gasteiger partial charge < -0.3 is 10.0 Å². The van der Waals surface area contributed by atoms with Crippen molar-refractivity contribution in [3.63, 3.8) is 0 Å². The summed E-state index contributed by atoms with van der Waals surface area (Å²) in [7, 11) is 0. The molecule has 1 N–H and O–H groups in total. The zero-order chi connectivity index (χ0) is 26.6. The van der Waals surface area contributed by atoms with Crippen LogP contribution in [0.2, 0.25) is 0 Å². The third-order valence-corrected chi connectivity index (χ3v) is 7.03. The first-order valence-corrected chi connectivity index (χ1v) is 12.8. The van der Waals surface area contributed by atoms with Crippen LogP contribution >= 0.6 is 0 Å². The number of aliphatic hydroxyl groups is 1. The predicted molar refractivity (Wildman–Crippen MR) is 141 cm³/mol. The van der Waals surface area contributed by atoms with Crippen molar-refractivity contribution in [3.05, 3.63) is 76.8 Å². The predicted octanol–water partition coefficient (Wildman–Crippen LogP) is 4.83. The Kier molecular flexibility index (Phi) is 7.99. The Balaban J connectivity index is 1.60. The van der Waals surface area contributed by atoms with E-state index in [0.29, 0.717) is 49.2 Å². The molecule has 2 aromatic heterocycles. The number of carbonyl (C=O) groups excluding carboxylic acids is 1. The molecule has 0 unspecified atom stereocenters. The summed E-state index contributed by atoms with van der Waals surface area (Å²) in [5, 5.41) is 10.3. The molecule has 3 heterocycles. The number of carbonyl (C=O) groups is 1. The Morgan fingerprint density at radius 3 is 2.43 bits per heavy atom. The summed E-state index contributed by atoms with van der Waals surface area (Å²) in [4.78, 5) is 27.9. The number of piperidine rings is 1. The van der Waals surface area contributed by atoms with Crippen LogP contribution in [-0.2, 0) is 12.8 Å². The summed E-state index contributed by atoms with van der Waals surface area (Å²) in [6.07, 6.45) is 6.08. The molecule has 0 atom stereocenters. The van der Waals surface area contributed by atoms with E-state index in [4.69, 9.17) is 0 Å². The Bertz CT molecular complexity index is 1330. The summed E-state index contributed by atoms with van der Waals surface area (Å²) < 4.78 is 15.3. The average Bonchev–Trinajstić information content (AvgIpc) is 2.91. The largest absolute Gasteiger partial charge is 0.390 e. The highest BCUT2D eigenvalue weighted by Gasteiger charge is 2.32. The molecule has 1 fully saturated rings. The number of aromatic nitrogens is 3. The van der Waals surface area contributed by atoms with Crippen LogP contribution in [0.25, 0.3) is 11.3 Å². The van der Waals surface area contributed by atoms with E-state index in [2.05, 4.69) is 26.8 Å². The highest BCUT2D eigenvalue weighted by atomic mass is 19.1. The molecule has 7 heteroatoms. The lowest BCUT2D eigenvalue weighted by molar-refractivity contribution is -0.0108. The lowest BCUT2D eigenvalue weighted by Crippen LogP contribution is -2.44. The molecule has 192 valence electrons. The van der Waals surface area contributed by atoms with Crippen LogP contribution in [0, 0.1) is 23.6 Å². The third kappa shape index (κ3) is 6.03. The topological polar surface area (TPSA) is 79.2 Å². The standard InChI is InChI=1S/C30H33FN4O2/c1-5-23-10-7-20(18-32-23)8-11-25-27(6-2)33-19-34-28(25)21-9-12-24(26(31)17-21)29(36)35-15-13-22(14-16-35)30(3,4)37/h7,9-10,12,17-19,22,37H,5-6,13-16H2,1-4H3. The Hall–Kier alpha value is -3.63. The number of halogens is 1. The first-order chi connectivity index (χ1) is 17.7. The van der Waals surface area contributed by atoms with Crippen LogP contribution in [0.1, 0.15) is 73.4 Å². The number of amides is 1. The number of nitrogens with zero attached hydrogens (tertiary/aromatic N) is 4. The van der Waals surface area contributed by atoms with Crippen molar-refractivity contribution in [3.8, 4) is 23.1 Å². The first kappa shape index (κ1) is 26.4. The fourth-order valence-corrected chi connectivity index (χ4v) is 4.68. The fraction of sp³-hybridized carbons (Fsp3) is 0.400. The molecular formula is C30H33FN4O2. The Morgan fingerprint density at radius 1 is 1.08 bits per heavy atom. The Morgan fingerprint density at radius 2 is 1.84 bits per heavy atom. The van der Waals surface area contributed by atoms with Crippen molar-refractivity contribution in [2.24, 2.45) is 5.92 Å². The minimum absolute atomic E-state index is 0.0324. The van der Waals surface area contributed by atoms with Gasteiger partial charge in [-0.25, -0.2) is 14.4 Å². The van der Waals surface area contributed by atoms with Crippen LogP contribution in [0.4, 0.5) is 4.39 Å². The van der Waals surface area contributed by atoms with Crippen molar-refractivity contribution >= 4 is 5.91 Å². The first-order valence-electron chi connectivity index (χ1n) is 12.8. The van der Waals surface area contributed by atoms with Crippen LogP contribution in [-0.4, -0.2) is 49.6 Å². The van der Waals surface area contributed by atoms with Crippen LogP contribution in [0.15, 0.2) is 42.9 Å². The van der Waals surface area contributed by atoms with Crippen molar-refractivity contribution in [2.45, 2.75) is 59.0 Å². The molecule has 1 aromatic carbocycles. The Labute approximate surface area is 218 Å². The zero-order valence-corrected chi connectivity index (χ0v) is 21.9. The highest BCUT2D eigenvalue weighted by molar-refractivity contribution is 5.95. The summed E-state index contributed by atoms with van der Waals surface area (Å²) in [5.74, 6) is 5.50. The van der Waals surface area contributed by atoms with Crippen LogP contribution in [0.3, 0.4) is 0 Å². The maximum atomic E-state index is 15.3. The molecule has 1 aliphatic heterocycles. The lowest BCUT2D eigenvalue weighted by atomic mass is 9.83. The van der Waals surface area contributed by atoms with Gasteiger partial charge in [-0.05, 0) is 69.7 Å². The second-order valence-electron chi connectivity index (χ2n) is 9.95. The molecule has 0 aliphatic carbocycles. The van der Waals surface area contributed by atoms with Gasteiger partial charge in [-0.3, -0.25) is 9.78 Å². The van der Waals surface area contributed by atoms with E-state index in [1.165, 1.54) is 18.5 Å². The molecule has 4 rings (SSSR count). The quantitative estimate of drug-likeness (QED) is 0.508. The van der Waals surface area contributed by atoms with E-state index < -0.39 is 11.4 Å². The maximum Gasteiger partial charge on any atom is 0.256 e. The minimum atomic E-state index is -0.785. The van der Waals surface area contributed by atoms with Crippen LogP contribution in [0.5, 0.6) is 0 Å². The molecule has 1 amide bonds. The second kappa shape index (κ2) is 11.2. The van der Waals surface area contributed by atoms with Crippen molar-refractivity contribution in [2.75, 3.05) is 13.1 Å². The van der Waals surface area contributed by atoms with E-state index in [0.717, 1.165) is 23.4 Å². The molecule has 0 spiro atoms. The van der Waals surface area contributed by atoms with E-state index >= 15 is 4.39 Å². The SMILES string of the molecule is CCc1ccc(C#Cc2c(CC)ncnc2-c2ccc(C(=O)N3CCC(C(C)(C)O)CC3)c(F)c2)cn1. The molecule has 0 bridgehead atoms. The number of hydrogen-bond acceptors (Lipinski definition) is 5. The van der Waals surface area contributed by atoms with Gasteiger partial charge >= 0.3 is 0 Å². The van der Waals surface area contributed by atoms with Crippen molar-refractivity contribution in [1.29, 1.82) is 0 Å². The van der Waals surface area contributed by atoms with E-state index in [9.17, 15) is 9.90 Å². The number of likely N-dealkylation sites (tertiary alicyclic amines) is 1. The highest BCUT2D eigenvalue weighted by Crippen LogP contribution is 2.30. The average molecular weight is 501 g/mol. The smallest absolute Gasteiger partial charge is 0.256 e. The number of aryl methyl sites for hydroxylation is 2. The van der Waals surface area contributed by atoms with Gasteiger partial charge in [-0.2, -0.15) is 0 Å². The fourth-order valence-electron chi connectivity index (χ4n) is 4.68. The van der Waals surface area contributed by atoms with Crippen molar-refractivity contribution in [1.82, 2.24) is 19.9 Å². The van der Waals surface area contributed by atoms with Gasteiger partial charge in [0, 0.05) is 36.1 Å². The lowest BCUT2D eigenvalue weighted by Gasteiger charge is -2.37. The number of rotatable bonds is 5.